The second-order valence-corrected chi connectivity index (χ2v) is 6.41. The Kier molecular flexibility index (Phi) is 5.21. The molecule has 0 atom stereocenters. The molecule has 0 unspecified atom stereocenters. The molecule has 3 rings (SSSR count). The van der Waals surface area contributed by atoms with Gasteiger partial charge in [0.25, 0.3) is 5.91 Å². The number of rotatable bonds is 8. The number of carbonyl (C=O) groups excluding carboxylic acids is 1. The SMILES string of the molecule is COc1c(CNC(=O)c2cc(C3CC3)nn2C)cccc1OC(F)(F)C(=O)O. The summed E-state index contributed by atoms with van der Waals surface area (Å²) >= 11 is 0. The lowest BCUT2D eigenvalue weighted by Crippen LogP contribution is -2.35. The van der Waals surface area contributed by atoms with E-state index in [2.05, 4.69) is 15.2 Å². The Bertz CT molecular complexity index is 909. The molecule has 0 saturated heterocycles. The minimum atomic E-state index is -4.41. The van der Waals surface area contributed by atoms with Crippen LogP contribution in [-0.2, 0) is 18.4 Å². The third-order valence-corrected chi connectivity index (χ3v) is 4.32. The highest BCUT2D eigenvalue weighted by Gasteiger charge is 2.43. The second-order valence-electron chi connectivity index (χ2n) is 6.41. The van der Waals surface area contributed by atoms with Gasteiger partial charge in [0, 0.05) is 25.1 Å². The number of nitrogens with one attached hydrogen (secondary N) is 1. The van der Waals surface area contributed by atoms with Gasteiger partial charge >= 0.3 is 12.1 Å². The molecule has 1 aliphatic rings. The molecular weight excluding hydrogens is 376 g/mol. The molecule has 1 fully saturated rings. The first kappa shape index (κ1) is 19.6. The number of para-hydroxylation sites is 1. The first-order valence-electron chi connectivity index (χ1n) is 8.51. The minimum Gasteiger partial charge on any atom is -0.492 e. The molecule has 0 spiro atoms. The predicted octanol–water partition coefficient (Wildman–Crippen LogP) is 2.29. The maximum absolute atomic E-state index is 13.4. The summed E-state index contributed by atoms with van der Waals surface area (Å²) in [5.41, 5.74) is 1.60. The molecule has 0 radical (unpaired) electrons. The maximum Gasteiger partial charge on any atom is 0.502 e. The summed E-state index contributed by atoms with van der Waals surface area (Å²) in [6, 6.07) is 5.83. The fraction of sp³-hybridized carbons (Fsp3) is 0.389. The number of aliphatic carboxylic acids is 1. The number of aryl methyl sites for hydroxylation is 1. The van der Waals surface area contributed by atoms with Crippen LogP contribution in [0.2, 0.25) is 0 Å². The number of halogens is 2. The summed E-state index contributed by atoms with van der Waals surface area (Å²) in [5, 5.41) is 15.5. The van der Waals surface area contributed by atoms with E-state index in [0.29, 0.717) is 17.2 Å². The topological polar surface area (TPSA) is 103 Å². The zero-order valence-electron chi connectivity index (χ0n) is 15.2. The number of carboxylic acid groups (broad SMARTS) is 1. The van der Waals surface area contributed by atoms with E-state index < -0.39 is 17.8 Å². The van der Waals surface area contributed by atoms with E-state index in [4.69, 9.17) is 9.84 Å². The molecule has 10 heteroatoms. The quantitative estimate of drug-likeness (QED) is 0.711. The molecule has 1 amide bonds. The van der Waals surface area contributed by atoms with Gasteiger partial charge in [-0.2, -0.15) is 13.9 Å². The zero-order valence-corrected chi connectivity index (χ0v) is 15.2. The van der Waals surface area contributed by atoms with Gasteiger partial charge in [-0.1, -0.05) is 12.1 Å². The number of alkyl halides is 2. The molecular formula is C18H19F2N3O5. The van der Waals surface area contributed by atoms with Crippen LogP contribution >= 0.6 is 0 Å². The van der Waals surface area contributed by atoms with Crippen molar-refractivity contribution in [1.29, 1.82) is 0 Å². The number of carbonyl (C=O) groups is 2. The Hall–Kier alpha value is -3.17. The number of carboxylic acids is 1. The minimum absolute atomic E-state index is 0.0399. The molecule has 8 nitrogen and oxygen atoms in total. The van der Waals surface area contributed by atoms with Crippen LogP contribution in [0.1, 0.15) is 40.5 Å². The molecule has 0 aliphatic heterocycles. The standard InChI is InChI=1S/C18H19F2N3O5/c1-23-13(8-12(22-23)10-6-7-10)16(24)21-9-11-4-3-5-14(15(11)27-2)28-18(19,20)17(25)26/h3-5,8,10H,6-7,9H2,1-2H3,(H,21,24)(H,25,26). The number of amides is 1. The largest absolute Gasteiger partial charge is 0.502 e. The molecule has 1 aromatic heterocycles. The van der Waals surface area contributed by atoms with Crippen molar-refractivity contribution < 1.29 is 33.0 Å². The molecule has 1 aromatic carbocycles. The Morgan fingerprint density at radius 3 is 2.71 bits per heavy atom. The van der Waals surface area contributed by atoms with E-state index in [0.717, 1.165) is 24.6 Å². The van der Waals surface area contributed by atoms with Crippen LogP contribution in [0.15, 0.2) is 24.3 Å². The summed E-state index contributed by atoms with van der Waals surface area (Å²) < 4.78 is 37.6. The average Bonchev–Trinajstić information content (AvgIpc) is 3.41. The number of hydrogen-bond donors (Lipinski definition) is 2. The number of ether oxygens (including phenoxy) is 2. The smallest absolute Gasteiger partial charge is 0.492 e. The maximum atomic E-state index is 13.4. The number of benzene rings is 1. The molecule has 1 aliphatic carbocycles. The fourth-order valence-electron chi connectivity index (χ4n) is 2.74. The van der Waals surface area contributed by atoms with Gasteiger partial charge in [-0.25, -0.2) is 4.79 Å². The summed E-state index contributed by atoms with van der Waals surface area (Å²) in [4.78, 5) is 23.0. The lowest BCUT2D eigenvalue weighted by molar-refractivity contribution is -0.211. The molecule has 150 valence electrons. The van der Waals surface area contributed by atoms with Crippen molar-refractivity contribution in [3.8, 4) is 11.5 Å². The van der Waals surface area contributed by atoms with Gasteiger partial charge in [-0.05, 0) is 25.0 Å². The van der Waals surface area contributed by atoms with Crippen molar-refractivity contribution >= 4 is 11.9 Å². The molecule has 1 saturated carbocycles. The predicted molar refractivity (Wildman–Crippen MR) is 92.6 cm³/mol. The number of hydrogen-bond acceptors (Lipinski definition) is 5. The Morgan fingerprint density at radius 1 is 1.39 bits per heavy atom. The Balaban J connectivity index is 1.74. The number of aromatic nitrogens is 2. The van der Waals surface area contributed by atoms with Crippen molar-refractivity contribution in [1.82, 2.24) is 15.1 Å². The van der Waals surface area contributed by atoms with Crippen LogP contribution in [0.25, 0.3) is 0 Å². The van der Waals surface area contributed by atoms with Gasteiger partial charge in [-0.3, -0.25) is 9.48 Å². The van der Waals surface area contributed by atoms with Crippen LogP contribution in [0, 0.1) is 0 Å². The summed E-state index contributed by atoms with van der Waals surface area (Å²) in [5.74, 6) is -2.94. The van der Waals surface area contributed by atoms with Gasteiger partial charge in [0.1, 0.15) is 5.69 Å². The van der Waals surface area contributed by atoms with Gasteiger partial charge in [0.15, 0.2) is 11.5 Å². The van der Waals surface area contributed by atoms with Crippen molar-refractivity contribution in [3.05, 3.63) is 41.2 Å². The Morgan fingerprint density at radius 2 is 2.11 bits per heavy atom. The van der Waals surface area contributed by atoms with Crippen molar-refractivity contribution in [2.45, 2.75) is 31.4 Å². The molecule has 1 heterocycles. The Labute approximate surface area is 159 Å². The van der Waals surface area contributed by atoms with Crippen LogP contribution in [0.5, 0.6) is 11.5 Å². The lowest BCUT2D eigenvalue weighted by atomic mass is 10.1. The first-order chi connectivity index (χ1) is 13.2. The summed E-state index contributed by atoms with van der Waals surface area (Å²) in [6.45, 7) is -0.0399. The zero-order chi connectivity index (χ0) is 20.5. The first-order valence-corrected chi connectivity index (χ1v) is 8.51. The monoisotopic (exact) mass is 395 g/mol. The molecule has 2 aromatic rings. The van der Waals surface area contributed by atoms with Crippen molar-refractivity contribution in [2.75, 3.05) is 7.11 Å². The van der Waals surface area contributed by atoms with E-state index >= 15 is 0 Å². The summed E-state index contributed by atoms with van der Waals surface area (Å²) in [6.07, 6.45) is -2.30. The van der Waals surface area contributed by atoms with Crippen LogP contribution < -0.4 is 14.8 Å². The van der Waals surface area contributed by atoms with Gasteiger partial charge in [0.2, 0.25) is 0 Å². The average molecular weight is 395 g/mol. The number of nitrogens with zero attached hydrogens (tertiary/aromatic N) is 2. The van der Waals surface area contributed by atoms with E-state index in [1.807, 2.05) is 0 Å². The second kappa shape index (κ2) is 7.45. The molecule has 0 bridgehead atoms. The highest BCUT2D eigenvalue weighted by atomic mass is 19.3. The van der Waals surface area contributed by atoms with E-state index in [-0.39, 0.29) is 18.2 Å². The van der Waals surface area contributed by atoms with Gasteiger partial charge in [0.05, 0.1) is 12.8 Å². The third kappa shape index (κ3) is 4.05. The van der Waals surface area contributed by atoms with E-state index in [1.165, 1.54) is 17.9 Å². The van der Waals surface area contributed by atoms with E-state index in [1.54, 1.807) is 19.2 Å². The van der Waals surface area contributed by atoms with E-state index in [9.17, 15) is 18.4 Å². The van der Waals surface area contributed by atoms with Crippen LogP contribution in [-0.4, -0.2) is 40.0 Å². The normalized spacial score (nSPS) is 13.9. The summed E-state index contributed by atoms with van der Waals surface area (Å²) in [7, 11) is 2.90. The fourth-order valence-corrected chi connectivity index (χ4v) is 2.74. The van der Waals surface area contributed by atoms with Crippen molar-refractivity contribution in [2.24, 2.45) is 7.05 Å². The lowest BCUT2D eigenvalue weighted by Gasteiger charge is -2.18. The highest BCUT2D eigenvalue weighted by molar-refractivity contribution is 5.92. The molecule has 2 N–H and O–H groups in total. The van der Waals surface area contributed by atoms with Crippen LogP contribution in [0.4, 0.5) is 8.78 Å². The van der Waals surface area contributed by atoms with Crippen molar-refractivity contribution in [3.63, 3.8) is 0 Å². The highest BCUT2D eigenvalue weighted by Crippen LogP contribution is 2.39. The van der Waals surface area contributed by atoms with Crippen LogP contribution in [0.3, 0.4) is 0 Å². The third-order valence-electron chi connectivity index (χ3n) is 4.32. The number of methoxy groups -OCH3 is 1. The molecule has 28 heavy (non-hydrogen) atoms. The van der Waals surface area contributed by atoms with Gasteiger partial charge < -0.3 is 19.9 Å². The van der Waals surface area contributed by atoms with Gasteiger partial charge in [-0.15, -0.1) is 0 Å².